The number of carbonyl (C=O) groups is 1. The van der Waals surface area contributed by atoms with Crippen LogP contribution in [0.25, 0.3) is 0 Å². The molecule has 0 aromatic heterocycles. The number of nitrogens with zero attached hydrogens (tertiary/aromatic N) is 1. The topological polar surface area (TPSA) is 44.4 Å². The maximum atomic E-state index is 12.2. The van der Waals surface area contributed by atoms with E-state index in [9.17, 15) is 4.79 Å². The zero-order valence-corrected chi connectivity index (χ0v) is 13.5. The summed E-state index contributed by atoms with van der Waals surface area (Å²) in [4.78, 5) is 14.7. The van der Waals surface area contributed by atoms with Gasteiger partial charge >= 0.3 is 0 Å². The van der Waals surface area contributed by atoms with Gasteiger partial charge in [0, 0.05) is 25.0 Å². The summed E-state index contributed by atoms with van der Waals surface area (Å²) >= 11 is 0. The number of nitrogens with one attached hydrogen (secondary N) is 2. The van der Waals surface area contributed by atoms with Crippen molar-refractivity contribution in [3.63, 3.8) is 0 Å². The Balaban J connectivity index is 0.00000200. The average molecular weight is 304 g/mol. The smallest absolute Gasteiger partial charge is 0.223 e. The van der Waals surface area contributed by atoms with Gasteiger partial charge in [0.05, 0.1) is 0 Å². The molecule has 0 spiro atoms. The van der Waals surface area contributed by atoms with Gasteiger partial charge < -0.3 is 15.5 Å². The molecule has 0 atom stereocenters. The Bertz CT molecular complexity index is 274. The van der Waals surface area contributed by atoms with Gasteiger partial charge in [0.1, 0.15) is 0 Å². The van der Waals surface area contributed by atoms with Crippen LogP contribution in [-0.2, 0) is 4.79 Å². The Labute approximate surface area is 129 Å². The number of halogens is 1. The molecule has 0 bridgehead atoms. The van der Waals surface area contributed by atoms with Crippen molar-refractivity contribution in [2.24, 2.45) is 5.92 Å². The van der Waals surface area contributed by atoms with Crippen molar-refractivity contribution in [3.8, 4) is 0 Å². The van der Waals surface area contributed by atoms with E-state index in [0.29, 0.717) is 11.9 Å². The van der Waals surface area contributed by atoms with Gasteiger partial charge in [-0.2, -0.15) is 0 Å². The molecule has 2 saturated heterocycles. The molecule has 4 nitrogen and oxygen atoms in total. The lowest BCUT2D eigenvalue weighted by Crippen LogP contribution is -2.47. The van der Waals surface area contributed by atoms with E-state index in [4.69, 9.17) is 0 Å². The molecule has 1 amide bonds. The number of carbonyl (C=O) groups excluding carboxylic acids is 1. The molecule has 20 heavy (non-hydrogen) atoms. The summed E-state index contributed by atoms with van der Waals surface area (Å²) in [5.74, 6) is 0.549. The van der Waals surface area contributed by atoms with Crippen molar-refractivity contribution in [2.45, 2.75) is 51.5 Å². The summed E-state index contributed by atoms with van der Waals surface area (Å²) in [7, 11) is 0. The first-order valence-electron chi connectivity index (χ1n) is 8.03. The van der Waals surface area contributed by atoms with Crippen LogP contribution in [-0.4, -0.2) is 49.6 Å². The third-order valence-corrected chi connectivity index (χ3v) is 4.47. The molecular formula is C15H30ClN3O. The molecule has 0 aromatic carbocycles. The van der Waals surface area contributed by atoms with Crippen molar-refractivity contribution < 1.29 is 4.79 Å². The first-order chi connectivity index (χ1) is 9.29. The lowest BCUT2D eigenvalue weighted by Gasteiger charge is -2.33. The Kier molecular flexibility index (Phi) is 8.50. The standard InChI is InChI=1S/C15H29N3O.ClH/c1-2-3-10-18-11-6-14(7-12-18)17-15(19)13-4-8-16-9-5-13;/h13-14,16H,2-12H2,1H3,(H,17,19);1H. The van der Waals surface area contributed by atoms with E-state index in [-0.39, 0.29) is 18.3 Å². The second-order valence-electron chi connectivity index (χ2n) is 6.00. The van der Waals surface area contributed by atoms with Crippen LogP contribution in [0.1, 0.15) is 45.4 Å². The van der Waals surface area contributed by atoms with E-state index in [0.717, 1.165) is 51.9 Å². The first kappa shape index (κ1) is 17.7. The minimum atomic E-state index is 0. The van der Waals surface area contributed by atoms with Gasteiger partial charge in [-0.25, -0.2) is 0 Å². The van der Waals surface area contributed by atoms with Crippen LogP contribution in [0.5, 0.6) is 0 Å². The molecule has 2 aliphatic heterocycles. The number of piperidine rings is 2. The molecule has 2 fully saturated rings. The van der Waals surface area contributed by atoms with Crippen molar-refractivity contribution in [3.05, 3.63) is 0 Å². The molecule has 5 heteroatoms. The van der Waals surface area contributed by atoms with Gasteiger partial charge in [0.15, 0.2) is 0 Å². The number of rotatable bonds is 5. The predicted octanol–water partition coefficient (Wildman–Crippen LogP) is 1.79. The van der Waals surface area contributed by atoms with Crippen LogP contribution in [0, 0.1) is 5.92 Å². The summed E-state index contributed by atoms with van der Waals surface area (Å²) in [6.07, 6.45) is 6.82. The van der Waals surface area contributed by atoms with Crippen molar-refractivity contribution in [1.29, 1.82) is 0 Å². The van der Waals surface area contributed by atoms with Crippen LogP contribution in [0.3, 0.4) is 0 Å². The largest absolute Gasteiger partial charge is 0.353 e. The number of hydrogen-bond donors (Lipinski definition) is 2. The number of hydrogen-bond acceptors (Lipinski definition) is 3. The molecule has 2 heterocycles. The molecule has 0 aliphatic carbocycles. The highest BCUT2D eigenvalue weighted by Crippen LogP contribution is 2.15. The zero-order valence-electron chi connectivity index (χ0n) is 12.7. The van der Waals surface area contributed by atoms with E-state index in [2.05, 4.69) is 22.5 Å². The fourth-order valence-electron chi connectivity index (χ4n) is 3.09. The van der Waals surface area contributed by atoms with Gasteiger partial charge in [-0.3, -0.25) is 4.79 Å². The maximum Gasteiger partial charge on any atom is 0.223 e. The highest BCUT2D eigenvalue weighted by molar-refractivity contribution is 5.85. The van der Waals surface area contributed by atoms with E-state index >= 15 is 0 Å². The van der Waals surface area contributed by atoms with Crippen LogP contribution in [0.2, 0.25) is 0 Å². The quantitative estimate of drug-likeness (QED) is 0.814. The lowest BCUT2D eigenvalue weighted by atomic mass is 9.96. The minimum absolute atomic E-state index is 0. The predicted molar refractivity (Wildman–Crippen MR) is 85.4 cm³/mol. The van der Waals surface area contributed by atoms with E-state index in [1.165, 1.54) is 19.4 Å². The zero-order chi connectivity index (χ0) is 13.5. The molecule has 0 saturated carbocycles. The number of likely N-dealkylation sites (tertiary alicyclic amines) is 1. The Hall–Kier alpha value is -0.320. The van der Waals surface area contributed by atoms with Crippen molar-refractivity contribution >= 4 is 18.3 Å². The molecule has 118 valence electrons. The normalized spacial score (nSPS) is 22.2. The molecule has 2 rings (SSSR count). The average Bonchev–Trinajstić information content (AvgIpc) is 2.47. The third kappa shape index (κ3) is 5.58. The van der Waals surface area contributed by atoms with Gasteiger partial charge in [0.2, 0.25) is 5.91 Å². The maximum absolute atomic E-state index is 12.2. The Morgan fingerprint density at radius 1 is 1.20 bits per heavy atom. The second kappa shape index (κ2) is 9.59. The SMILES string of the molecule is CCCCN1CCC(NC(=O)C2CCNCC2)CC1.Cl. The molecule has 0 aromatic rings. The molecular weight excluding hydrogens is 274 g/mol. The van der Waals surface area contributed by atoms with Crippen molar-refractivity contribution in [1.82, 2.24) is 15.5 Å². The molecule has 2 N–H and O–H groups in total. The monoisotopic (exact) mass is 303 g/mol. The van der Waals surface area contributed by atoms with Crippen LogP contribution in [0.4, 0.5) is 0 Å². The van der Waals surface area contributed by atoms with Gasteiger partial charge in [0.25, 0.3) is 0 Å². The fourth-order valence-corrected chi connectivity index (χ4v) is 3.09. The Morgan fingerprint density at radius 3 is 2.45 bits per heavy atom. The summed E-state index contributed by atoms with van der Waals surface area (Å²) in [5.41, 5.74) is 0. The summed E-state index contributed by atoms with van der Waals surface area (Å²) in [6.45, 7) is 7.76. The van der Waals surface area contributed by atoms with E-state index in [1.54, 1.807) is 0 Å². The first-order valence-corrected chi connectivity index (χ1v) is 8.03. The molecule has 0 radical (unpaired) electrons. The Morgan fingerprint density at radius 2 is 1.85 bits per heavy atom. The highest BCUT2D eigenvalue weighted by atomic mass is 35.5. The molecule has 0 unspecified atom stereocenters. The second-order valence-corrected chi connectivity index (χ2v) is 6.00. The number of unbranched alkanes of at least 4 members (excludes halogenated alkanes) is 1. The van der Waals surface area contributed by atoms with Crippen LogP contribution >= 0.6 is 12.4 Å². The number of amides is 1. The summed E-state index contributed by atoms with van der Waals surface area (Å²) in [6, 6.07) is 0.417. The van der Waals surface area contributed by atoms with E-state index < -0.39 is 0 Å². The third-order valence-electron chi connectivity index (χ3n) is 4.47. The van der Waals surface area contributed by atoms with Gasteiger partial charge in [-0.05, 0) is 51.7 Å². The van der Waals surface area contributed by atoms with Crippen LogP contribution in [0.15, 0.2) is 0 Å². The van der Waals surface area contributed by atoms with E-state index in [1.807, 2.05) is 0 Å². The molecule has 2 aliphatic rings. The van der Waals surface area contributed by atoms with Gasteiger partial charge in [-0.1, -0.05) is 13.3 Å². The van der Waals surface area contributed by atoms with Crippen molar-refractivity contribution in [2.75, 3.05) is 32.7 Å². The minimum Gasteiger partial charge on any atom is -0.353 e. The summed E-state index contributed by atoms with van der Waals surface area (Å²) < 4.78 is 0. The fraction of sp³-hybridized carbons (Fsp3) is 0.933. The highest BCUT2D eigenvalue weighted by Gasteiger charge is 2.25. The van der Waals surface area contributed by atoms with Gasteiger partial charge in [-0.15, -0.1) is 12.4 Å². The van der Waals surface area contributed by atoms with Crippen LogP contribution < -0.4 is 10.6 Å². The lowest BCUT2D eigenvalue weighted by molar-refractivity contribution is -0.126. The summed E-state index contributed by atoms with van der Waals surface area (Å²) in [5, 5.41) is 6.58.